The molecular formula is C12H18. The fourth-order valence-corrected chi connectivity index (χ4v) is 1.82. The topological polar surface area (TPSA) is 0 Å². The van der Waals surface area contributed by atoms with Crippen molar-refractivity contribution in [2.75, 3.05) is 0 Å². The van der Waals surface area contributed by atoms with E-state index in [0.717, 1.165) is 6.42 Å². The summed E-state index contributed by atoms with van der Waals surface area (Å²) in [5.74, 6) is 0. The van der Waals surface area contributed by atoms with Crippen LogP contribution in [0.25, 0.3) is 0 Å². The molecule has 0 radical (unpaired) electrons. The van der Waals surface area contributed by atoms with E-state index >= 15 is 0 Å². The van der Waals surface area contributed by atoms with Gasteiger partial charge in [-0.2, -0.15) is 0 Å². The van der Waals surface area contributed by atoms with Crippen molar-refractivity contribution in [2.45, 2.75) is 33.6 Å². The van der Waals surface area contributed by atoms with Crippen LogP contribution >= 0.6 is 0 Å². The summed E-state index contributed by atoms with van der Waals surface area (Å²) in [6.45, 7) is 10.6. The Morgan fingerprint density at radius 1 is 1.42 bits per heavy atom. The highest BCUT2D eigenvalue weighted by atomic mass is 14.3. The lowest BCUT2D eigenvalue weighted by Gasteiger charge is -2.30. The predicted octanol–water partition coefficient (Wildman–Crippen LogP) is 3.87. The number of hydrogen-bond acceptors (Lipinski definition) is 0. The van der Waals surface area contributed by atoms with Crippen LogP contribution in [0, 0.1) is 5.41 Å². The van der Waals surface area contributed by atoms with Gasteiger partial charge in [-0.1, -0.05) is 44.2 Å². The first-order chi connectivity index (χ1) is 5.57. The molecule has 0 atom stereocenters. The first-order valence-corrected chi connectivity index (χ1v) is 4.55. The second-order valence-corrected chi connectivity index (χ2v) is 4.30. The second kappa shape index (κ2) is 3.30. The summed E-state index contributed by atoms with van der Waals surface area (Å²) in [6, 6.07) is 0. The highest BCUT2D eigenvalue weighted by molar-refractivity contribution is 5.34. The third kappa shape index (κ3) is 2.10. The van der Waals surface area contributed by atoms with Crippen LogP contribution in [0.5, 0.6) is 0 Å². The quantitative estimate of drug-likeness (QED) is 0.549. The molecule has 0 spiro atoms. The van der Waals surface area contributed by atoms with Crippen LogP contribution in [0.1, 0.15) is 33.6 Å². The zero-order chi connectivity index (χ0) is 9.19. The molecule has 0 aliphatic heterocycles. The molecule has 0 bridgehead atoms. The summed E-state index contributed by atoms with van der Waals surface area (Å²) in [7, 11) is 0. The average Bonchev–Trinajstić information content (AvgIpc) is 2.01. The number of hydrogen-bond donors (Lipinski definition) is 0. The summed E-state index contributed by atoms with van der Waals surface area (Å²) >= 11 is 0. The predicted molar refractivity (Wildman–Crippen MR) is 55.1 cm³/mol. The van der Waals surface area contributed by atoms with Gasteiger partial charge in [0.05, 0.1) is 0 Å². The van der Waals surface area contributed by atoms with E-state index in [1.165, 1.54) is 17.6 Å². The molecular weight excluding hydrogens is 144 g/mol. The fraction of sp³-hybridized carbons (Fsp3) is 0.500. The summed E-state index contributed by atoms with van der Waals surface area (Å²) in [5, 5.41) is 0. The van der Waals surface area contributed by atoms with Gasteiger partial charge in [-0.05, 0) is 30.8 Å². The molecule has 0 nitrogen and oxygen atoms in total. The van der Waals surface area contributed by atoms with Crippen LogP contribution in [0.15, 0.2) is 36.0 Å². The van der Waals surface area contributed by atoms with Gasteiger partial charge in [0.15, 0.2) is 0 Å². The van der Waals surface area contributed by atoms with Gasteiger partial charge in [0.2, 0.25) is 0 Å². The highest BCUT2D eigenvalue weighted by Gasteiger charge is 2.23. The Labute approximate surface area is 75.7 Å². The van der Waals surface area contributed by atoms with Gasteiger partial charge in [-0.15, -0.1) is 0 Å². The van der Waals surface area contributed by atoms with E-state index < -0.39 is 0 Å². The van der Waals surface area contributed by atoms with Crippen molar-refractivity contribution in [3.63, 3.8) is 0 Å². The SMILES string of the molecule is C=CC1=CC(=CC)CC(C)(C)C1. The first-order valence-electron chi connectivity index (χ1n) is 4.55. The molecule has 1 aliphatic rings. The summed E-state index contributed by atoms with van der Waals surface area (Å²) in [5.41, 5.74) is 3.24. The largest absolute Gasteiger partial charge is 0.0988 e. The van der Waals surface area contributed by atoms with Gasteiger partial charge in [0.25, 0.3) is 0 Å². The average molecular weight is 162 g/mol. The molecule has 0 amide bonds. The van der Waals surface area contributed by atoms with E-state index in [4.69, 9.17) is 0 Å². The maximum Gasteiger partial charge on any atom is -0.0224 e. The number of rotatable bonds is 1. The van der Waals surface area contributed by atoms with E-state index in [1.807, 2.05) is 6.08 Å². The maximum atomic E-state index is 3.82. The Hall–Kier alpha value is -0.780. The van der Waals surface area contributed by atoms with Gasteiger partial charge in [0, 0.05) is 0 Å². The lowest BCUT2D eigenvalue weighted by molar-refractivity contribution is 0.355. The lowest BCUT2D eigenvalue weighted by Crippen LogP contribution is -2.16. The van der Waals surface area contributed by atoms with Crippen molar-refractivity contribution >= 4 is 0 Å². The molecule has 0 aromatic carbocycles. The molecule has 66 valence electrons. The highest BCUT2D eigenvalue weighted by Crippen LogP contribution is 2.37. The van der Waals surface area contributed by atoms with Crippen LogP contribution in [0.2, 0.25) is 0 Å². The van der Waals surface area contributed by atoms with Crippen molar-refractivity contribution < 1.29 is 0 Å². The van der Waals surface area contributed by atoms with Crippen molar-refractivity contribution in [2.24, 2.45) is 5.41 Å². The minimum Gasteiger partial charge on any atom is -0.0988 e. The zero-order valence-electron chi connectivity index (χ0n) is 8.35. The Morgan fingerprint density at radius 2 is 2.08 bits per heavy atom. The third-order valence-electron chi connectivity index (χ3n) is 2.37. The molecule has 0 fully saturated rings. The summed E-state index contributed by atoms with van der Waals surface area (Å²) in [4.78, 5) is 0. The van der Waals surface area contributed by atoms with Gasteiger partial charge >= 0.3 is 0 Å². The molecule has 1 rings (SSSR count). The van der Waals surface area contributed by atoms with Crippen LogP contribution in [-0.2, 0) is 0 Å². The lowest BCUT2D eigenvalue weighted by atomic mass is 9.75. The monoisotopic (exact) mass is 162 g/mol. The van der Waals surface area contributed by atoms with Crippen molar-refractivity contribution in [1.29, 1.82) is 0 Å². The van der Waals surface area contributed by atoms with Gasteiger partial charge in [0.1, 0.15) is 0 Å². The van der Waals surface area contributed by atoms with E-state index in [2.05, 4.69) is 39.5 Å². The Balaban J connectivity index is 2.93. The maximum absolute atomic E-state index is 3.82. The normalized spacial score (nSPS) is 25.2. The third-order valence-corrected chi connectivity index (χ3v) is 2.37. The van der Waals surface area contributed by atoms with Crippen molar-refractivity contribution in [3.8, 4) is 0 Å². The summed E-state index contributed by atoms with van der Waals surface area (Å²) in [6.07, 6.45) is 8.79. The Kier molecular flexibility index (Phi) is 2.56. The molecule has 0 saturated carbocycles. The molecule has 12 heavy (non-hydrogen) atoms. The van der Waals surface area contributed by atoms with Gasteiger partial charge in [-0.3, -0.25) is 0 Å². The van der Waals surface area contributed by atoms with Crippen LogP contribution in [0.4, 0.5) is 0 Å². The van der Waals surface area contributed by atoms with Gasteiger partial charge < -0.3 is 0 Å². The minimum absolute atomic E-state index is 0.417. The number of allylic oxidation sites excluding steroid dienone is 5. The van der Waals surface area contributed by atoms with E-state index in [9.17, 15) is 0 Å². The molecule has 0 aromatic heterocycles. The smallest absolute Gasteiger partial charge is 0.0224 e. The molecule has 0 saturated heterocycles. The fourth-order valence-electron chi connectivity index (χ4n) is 1.82. The van der Waals surface area contributed by atoms with Crippen molar-refractivity contribution in [1.82, 2.24) is 0 Å². The molecule has 0 aromatic rings. The molecule has 0 heterocycles. The van der Waals surface area contributed by atoms with E-state index in [0.29, 0.717) is 5.41 Å². The van der Waals surface area contributed by atoms with Crippen LogP contribution in [-0.4, -0.2) is 0 Å². The molecule has 0 N–H and O–H groups in total. The Morgan fingerprint density at radius 3 is 2.58 bits per heavy atom. The zero-order valence-corrected chi connectivity index (χ0v) is 8.35. The standard InChI is InChI=1S/C12H18/c1-5-10-7-11(6-2)9-12(3,4)8-10/h5-7H,1,8-9H2,2-4H3. The summed E-state index contributed by atoms with van der Waals surface area (Å²) < 4.78 is 0. The molecule has 0 unspecified atom stereocenters. The first kappa shape index (κ1) is 9.31. The van der Waals surface area contributed by atoms with E-state index in [-0.39, 0.29) is 0 Å². The van der Waals surface area contributed by atoms with Crippen molar-refractivity contribution in [3.05, 3.63) is 36.0 Å². The van der Waals surface area contributed by atoms with Crippen LogP contribution < -0.4 is 0 Å². The van der Waals surface area contributed by atoms with E-state index in [1.54, 1.807) is 0 Å². The second-order valence-electron chi connectivity index (χ2n) is 4.30. The van der Waals surface area contributed by atoms with Crippen LogP contribution in [0.3, 0.4) is 0 Å². The molecule has 0 heteroatoms. The molecule has 1 aliphatic carbocycles. The minimum atomic E-state index is 0.417. The van der Waals surface area contributed by atoms with Gasteiger partial charge in [-0.25, -0.2) is 0 Å². The Bertz CT molecular complexity index is 239.